The number of nitrogens with two attached hydrogens (primary N) is 1. The quantitative estimate of drug-likeness (QED) is 0.0255. The predicted molar refractivity (Wildman–Crippen MR) is 194 cm³/mol. The molecule has 0 aliphatic carbocycles. The van der Waals surface area contributed by atoms with Gasteiger partial charge < -0.3 is 60.8 Å². The van der Waals surface area contributed by atoms with Crippen molar-refractivity contribution in [2.45, 2.75) is 57.3 Å². The van der Waals surface area contributed by atoms with Crippen LogP contribution in [0.15, 0.2) is 23.6 Å². The molecule has 2 aromatic rings. The zero-order chi connectivity index (χ0) is 42.9. The van der Waals surface area contributed by atoms with E-state index in [9.17, 15) is 67.8 Å². The fourth-order valence-electron chi connectivity index (χ4n) is 4.61. The Kier molecular flexibility index (Phi) is 17.3. The standard InChI is InChI=1S/C26H40N7O19P3S2/c1-26(2,20(38)23(39)29-6-5-15(34)28-7-8-57-25(40)14(56)3-4-16(35)36)10-49-55(46,47)52-54(44,45)48-9-13-19(51-53(41,42)43)18(37)24(50-13)33-12-32-17-21(27)30-11-31-22(17)33/h3,11-13,18-20,24,37-38,56H,4-10H2,1-2H3,(H,28,34)(H,29,39)(H,35,36)(H,44,45)(H,46,47)(H2,27,30,31)(H2,41,42,43)/p-1/b14-3-/t13-,18+,19+,20-,24+/m0/s1. The summed E-state index contributed by atoms with van der Waals surface area (Å²) in [6.07, 6.45) is -6.57. The number of phosphoric ester groups is 3. The number of ether oxygens (including phenoxy) is 1. The van der Waals surface area contributed by atoms with Crippen LogP contribution in [0.25, 0.3) is 11.2 Å². The van der Waals surface area contributed by atoms with Crippen molar-refractivity contribution in [1.29, 1.82) is 0 Å². The van der Waals surface area contributed by atoms with Crippen LogP contribution >= 0.6 is 47.9 Å². The Morgan fingerprint density at radius 1 is 1.11 bits per heavy atom. The Hall–Kier alpha value is -2.88. The Morgan fingerprint density at radius 2 is 1.77 bits per heavy atom. The van der Waals surface area contributed by atoms with E-state index in [2.05, 4.69) is 47.0 Å². The van der Waals surface area contributed by atoms with Gasteiger partial charge in [-0.2, -0.15) is 4.31 Å². The molecule has 2 amide bonds. The molecule has 7 atom stereocenters. The number of aliphatic hydroxyl groups excluding tert-OH is 2. The van der Waals surface area contributed by atoms with Gasteiger partial charge in [-0.1, -0.05) is 31.7 Å². The molecule has 2 aromatic heterocycles. The predicted octanol–water partition coefficient (Wildman–Crippen LogP) is -2.38. The van der Waals surface area contributed by atoms with Gasteiger partial charge in [-0.3, -0.25) is 32.5 Å². The highest BCUT2D eigenvalue weighted by Gasteiger charge is 2.50. The number of phosphoric acid groups is 3. The highest BCUT2D eigenvalue weighted by molar-refractivity contribution is 8.15. The number of thiol groups is 1. The molecule has 0 bridgehead atoms. The number of nitrogens with zero attached hydrogens (tertiary/aromatic N) is 4. The SMILES string of the molecule is CC(C)(COP(=O)(O)OP(=O)(O)OC[C@@H]1O[C@@H](n2cnc3c(N)ncnc32)[C@H](O)[C@@H]1OP(=O)(O)O)[C@@H](O)C(=O)NCCC(=O)NCCSC(=O)/C(S)=C/CC(=O)[O-]. The molecule has 1 aliphatic heterocycles. The number of carbonyl (C=O) groups is 4. The lowest BCUT2D eigenvalue weighted by molar-refractivity contribution is -0.304. The first-order valence-electron chi connectivity index (χ1n) is 16.0. The number of thioether (sulfide) groups is 1. The van der Waals surface area contributed by atoms with Gasteiger partial charge in [-0.05, 0) is 0 Å². The van der Waals surface area contributed by atoms with Crippen LogP contribution in [0, 0.1) is 5.41 Å². The molecule has 0 aromatic carbocycles. The van der Waals surface area contributed by atoms with Gasteiger partial charge in [-0.25, -0.2) is 28.6 Å². The van der Waals surface area contributed by atoms with Crippen molar-refractivity contribution in [3.8, 4) is 0 Å². The van der Waals surface area contributed by atoms with Gasteiger partial charge in [0.05, 0.1) is 24.4 Å². The van der Waals surface area contributed by atoms with Gasteiger partial charge in [0.2, 0.25) is 16.9 Å². The van der Waals surface area contributed by atoms with Crippen LogP contribution < -0.4 is 21.5 Å². The molecular weight excluding hydrogens is 871 g/mol. The maximum atomic E-state index is 12.7. The second-order valence-corrected chi connectivity index (χ2v) is 18.2. The molecule has 0 radical (unpaired) electrons. The third kappa shape index (κ3) is 15.0. The van der Waals surface area contributed by atoms with E-state index in [1.807, 2.05) is 0 Å². The van der Waals surface area contributed by atoms with Crippen LogP contribution in [0.5, 0.6) is 0 Å². The molecule has 0 saturated carbocycles. The van der Waals surface area contributed by atoms with E-state index >= 15 is 0 Å². The lowest BCUT2D eigenvalue weighted by Gasteiger charge is -2.30. The monoisotopic (exact) mass is 910 g/mol. The van der Waals surface area contributed by atoms with E-state index in [-0.39, 0.29) is 47.2 Å². The molecule has 320 valence electrons. The van der Waals surface area contributed by atoms with Gasteiger partial charge >= 0.3 is 23.5 Å². The fourth-order valence-corrected chi connectivity index (χ4v) is 8.35. The summed E-state index contributed by atoms with van der Waals surface area (Å²) >= 11 is 4.66. The number of carboxylic acid groups (broad SMARTS) is 1. The summed E-state index contributed by atoms with van der Waals surface area (Å²) in [5, 5.41) is 36.1. The Balaban J connectivity index is 1.48. The number of imidazole rings is 1. The molecular formula is C26H39N7O19P3S2-. The molecule has 31 heteroatoms. The van der Waals surface area contributed by atoms with Crippen LogP contribution in [0.1, 0.15) is 32.9 Å². The number of amides is 2. The number of fused-ring (bicyclic) bond motifs is 1. The number of hydrogen-bond acceptors (Lipinski definition) is 21. The number of nitrogen functional groups attached to an aromatic ring is 1. The number of carboxylic acids is 1. The van der Waals surface area contributed by atoms with Gasteiger partial charge in [0.1, 0.15) is 36.3 Å². The molecule has 0 spiro atoms. The van der Waals surface area contributed by atoms with Crippen molar-refractivity contribution in [1.82, 2.24) is 30.2 Å². The van der Waals surface area contributed by atoms with Gasteiger partial charge in [0.15, 0.2) is 17.7 Å². The summed E-state index contributed by atoms with van der Waals surface area (Å²) < 4.78 is 61.9. The van der Waals surface area contributed by atoms with Gasteiger partial charge in [-0.15, -0.1) is 12.6 Å². The van der Waals surface area contributed by atoms with Crippen molar-refractivity contribution in [3.63, 3.8) is 0 Å². The minimum Gasteiger partial charge on any atom is -0.550 e. The average Bonchev–Trinajstić information content (AvgIpc) is 3.66. The zero-order valence-corrected chi connectivity index (χ0v) is 34.0. The average molecular weight is 911 g/mol. The first-order valence-corrected chi connectivity index (χ1v) is 21.9. The van der Waals surface area contributed by atoms with Crippen LogP contribution in [-0.4, -0.2) is 129 Å². The van der Waals surface area contributed by atoms with Crippen molar-refractivity contribution in [3.05, 3.63) is 23.6 Å². The summed E-state index contributed by atoms with van der Waals surface area (Å²) in [6, 6.07) is 0. The summed E-state index contributed by atoms with van der Waals surface area (Å²) in [5.74, 6) is -2.89. The van der Waals surface area contributed by atoms with Crippen molar-refractivity contribution in [2.24, 2.45) is 5.41 Å². The number of nitrogens with one attached hydrogen (secondary N) is 2. The van der Waals surface area contributed by atoms with Gasteiger partial charge in [0.25, 0.3) is 0 Å². The van der Waals surface area contributed by atoms with Crippen LogP contribution in [0.2, 0.25) is 0 Å². The van der Waals surface area contributed by atoms with E-state index in [0.717, 1.165) is 35.1 Å². The third-order valence-corrected chi connectivity index (χ3v) is 11.9. The lowest BCUT2D eigenvalue weighted by Crippen LogP contribution is -2.46. The summed E-state index contributed by atoms with van der Waals surface area (Å²) in [7, 11) is -16.5. The number of aliphatic carboxylic acids is 1. The Bertz CT molecular complexity index is 1970. The maximum absolute atomic E-state index is 12.7. The first kappa shape index (κ1) is 48.5. The largest absolute Gasteiger partial charge is 0.550 e. The number of aliphatic hydroxyl groups is 2. The van der Waals surface area contributed by atoms with E-state index in [0.29, 0.717) is 0 Å². The highest BCUT2D eigenvalue weighted by Crippen LogP contribution is 2.61. The second-order valence-electron chi connectivity index (χ2n) is 12.4. The number of hydrogen-bond donors (Lipinski definition) is 10. The van der Waals surface area contributed by atoms with Crippen LogP contribution in [0.3, 0.4) is 0 Å². The Labute approximate surface area is 331 Å². The first-order chi connectivity index (χ1) is 26.3. The normalized spacial score (nSPS) is 21.7. The fraction of sp³-hybridized carbons (Fsp3) is 0.577. The minimum atomic E-state index is -5.60. The molecule has 57 heavy (non-hydrogen) atoms. The maximum Gasteiger partial charge on any atom is 0.481 e. The second kappa shape index (κ2) is 20.4. The molecule has 1 aliphatic rings. The topological polar surface area (TPSA) is 404 Å². The molecule has 26 nitrogen and oxygen atoms in total. The molecule has 2 unspecified atom stereocenters. The van der Waals surface area contributed by atoms with E-state index in [4.69, 9.17) is 19.5 Å². The molecule has 3 rings (SSSR count). The van der Waals surface area contributed by atoms with Gasteiger partial charge in [0, 0.05) is 43.1 Å². The molecule has 1 saturated heterocycles. The zero-order valence-electron chi connectivity index (χ0n) is 29.6. The molecule has 10 N–H and O–H groups in total. The van der Waals surface area contributed by atoms with Crippen molar-refractivity contribution in [2.75, 3.05) is 37.8 Å². The van der Waals surface area contributed by atoms with Crippen LogP contribution in [0.4, 0.5) is 5.82 Å². The number of carbonyl (C=O) groups excluding carboxylic acids is 4. The number of anilines is 1. The number of aromatic nitrogens is 4. The van der Waals surface area contributed by atoms with E-state index in [1.54, 1.807) is 0 Å². The van der Waals surface area contributed by atoms with Crippen LogP contribution in [-0.2, 0) is 55.5 Å². The minimum absolute atomic E-state index is 0.0163. The van der Waals surface area contributed by atoms with E-state index < -0.39 is 102 Å². The smallest absolute Gasteiger partial charge is 0.481 e. The summed E-state index contributed by atoms with van der Waals surface area (Å²) in [5.41, 5.74) is 4.18. The third-order valence-electron chi connectivity index (χ3n) is 7.41. The lowest BCUT2D eigenvalue weighted by atomic mass is 9.87. The molecule has 1 fully saturated rings. The van der Waals surface area contributed by atoms with E-state index in [1.165, 1.54) is 13.8 Å². The summed E-state index contributed by atoms with van der Waals surface area (Å²) in [4.78, 5) is 97.7. The number of rotatable bonds is 22. The van der Waals surface area contributed by atoms with Crippen molar-refractivity contribution >= 4 is 87.7 Å². The van der Waals surface area contributed by atoms with Crippen molar-refractivity contribution < 1.29 is 90.4 Å². The summed E-state index contributed by atoms with van der Waals surface area (Å²) in [6.45, 7) is 0.118. The highest BCUT2D eigenvalue weighted by atomic mass is 32.2. The Morgan fingerprint density at radius 3 is 2.42 bits per heavy atom. The molecule has 3 heterocycles.